The van der Waals surface area contributed by atoms with E-state index in [-0.39, 0.29) is 17.6 Å². The predicted octanol–water partition coefficient (Wildman–Crippen LogP) is 3.06. The number of nitrogens with one attached hydrogen (secondary N) is 1. The van der Waals surface area contributed by atoms with Gasteiger partial charge in [0.25, 0.3) is 11.8 Å². The Hall–Kier alpha value is -2.86. The molecule has 138 valence electrons. The Bertz CT molecular complexity index is 1120. The number of H-pyrrole nitrogens is 1. The van der Waals surface area contributed by atoms with E-state index in [1.165, 1.54) is 4.90 Å². The lowest BCUT2D eigenvalue weighted by Gasteiger charge is -2.16. The van der Waals surface area contributed by atoms with E-state index in [0.717, 1.165) is 40.2 Å². The number of phenols is 1. The second-order valence-electron chi connectivity index (χ2n) is 7.83. The molecule has 5 rings (SSSR count). The van der Waals surface area contributed by atoms with Crippen LogP contribution in [0, 0.1) is 0 Å². The SMILES string of the molecule is CN(C)CCN1C(=O)c2cc(C3CC3)c3[nH]c4ccc(O)cc4c3c2C1=O. The van der Waals surface area contributed by atoms with Gasteiger partial charge in [0.15, 0.2) is 0 Å². The van der Waals surface area contributed by atoms with Crippen LogP contribution >= 0.6 is 0 Å². The zero-order valence-corrected chi connectivity index (χ0v) is 15.4. The minimum Gasteiger partial charge on any atom is -0.508 e. The average Bonchev–Trinajstić information content (AvgIpc) is 3.36. The summed E-state index contributed by atoms with van der Waals surface area (Å²) < 4.78 is 0. The molecule has 2 heterocycles. The minimum absolute atomic E-state index is 0.148. The van der Waals surface area contributed by atoms with Crippen LogP contribution in [0.15, 0.2) is 24.3 Å². The summed E-state index contributed by atoms with van der Waals surface area (Å²) >= 11 is 0. The van der Waals surface area contributed by atoms with Gasteiger partial charge in [-0.15, -0.1) is 0 Å². The van der Waals surface area contributed by atoms with Crippen LogP contribution in [-0.2, 0) is 0 Å². The highest BCUT2D eigenvalue weighted by molar-refractivity contribution is 6.30. The van der Waals surface area contributed by atoms with Gasteiger partial charge in [-0.05, 0) is 62.7 Å². The number of aromatic hydroxyl groups is 1. The largest absolute Gasteiger partial charge is 0.508 e. The molecule has 6 nitrogen and oxygen atoms in total. The van der Waals surface area contributed by atoms with Gasteiger partial charge in [-0.3, -0.25) is 14.5 Å². The van der Waals surface area contributed by atoms with Crippen LogP contribution in [-0.4, -0.2) is 58.9 Å². The lowest BCUT2D eigenvalue weighted by Crippen LogP contribution is -2.35. The first-order chi connectivity index (χ1) is 13.0. The summed E-state index contributed by atoms with van der Waals surface area (Å²) in [6.45, 7) is 0.992. The highest BCUT2D eigenvalue weighted by Gasteiger charge is 2.40. The van der Waals surface area contributed by atoms with Gasteiger partial charge in [-0.1, -0.05) is 0 Å². The third-order valence-electron chi connectivity index (χ3n) is 5.61. The van der Waals surface area contributed by atoms with Crippen molar-refractivity contribution in [3.8, 4) is 5.75 Å². The second-order valence-corrected chi connectivity index (χ2v) is 7.83. The molecule has 1 fully saturated rings. The van der Waals surface area contributed by atoms with Crippen molar-refractivity contribution < 1.29 is 14.7 Å². The van der Waals surface area contributed by atoms with Gasteiger partial charge in [0, 0.05) is 29.4 Å². The van der Waals surface area contributed by atoms with Crippen LogP contribution < -0.4 is 0 Å². The van der Waals surface area contributed by atoms with E-state index in [1.807, 2.05) is 31.1 Å². The van der Waals surface area contributed by atoms with Crippen molar-refractivity contribution in [1.29, 1.82) is 0 Å². The van der Waals surface area contributed by atoms with Gasteiger partial charge in [-0.2, -0.15) is 0 Å². The average molecular weight is 363 g/mol. The zero-order valence-electron chi connectivity index (χ0n) is 15.4. The summed E-state index contributed by atoms with van der Waals surface area (Å²) in [6, 6.07) is 7.04. The summed E-state index contributed by atoms with van der Waals surface area (Å²) in [5.74, 6) is 0.122. The summed E-state index contributed by atoms with van der Waals surface area (Å²) in [6.07, 6.45) is 2.20. The highest BCUT2D eigenvalue weighted by atomic mass is 16.3. The van der Waals surface area contributed by atoms with Gasteiger partial charge < -0.3 is 15.0 Å². The fraction of sp³-hybridized carbons (Fsp3) is 0.333. The molecule has 0 bridgehead atoms. The summed E-state index contributed by atoms with van der Waals surface area (Å²) in [7, 11) is 3.84. The fourth-order valence-corrected chi connectivity index (χ4v) is 4.07. The Labute approximate surface area is 156 Å². The summed E-state index contributed by atoms with van der Waals surface area (Å²) in [5, 5.41) is 11.5. The van der Waals surface area contributed by atoms with Crippen LogP contribution in [0.2, 0.25) is 0 Å². The van der Waals surface area contributed by atoms with Gasteiger partial charge in [0.05, 0.1) is 16.6 Å². The molecule has 6 heteroatoms. The Morgan fingerprint density at radius 1 is 1.19 bits per heavy atom. The number of hydrogen-bond acceptors (Lipinski definition) is 4. The molecule has 1 aromatic heterocycles. The molecule has 2 aliphatic rings. The Balaban J connectivity index is 1.78. The molecule has 1 aliphatic carbocycles. The molecule has 2 amide bonds. The number of rotatable bonds is 4. The molecule has 0 spiro atoms. The van der Waals surface area contributed by atoms with Crippen LogP contribution in [0.25, 0.3) is 21.8 Å². The molecule has 2 N–H and O–H groups in total. The molecule has 0 radical (unpaired) electrons. The summed E-state index contributed by atoms with van der Waals surface area (Å²) in [5.41, 5.74) is 3.86. The number of imide groups is 1. The molecule has 0 unspecified atom stereocenters. The molecule has 3 aromatic rings. The molecule has 0 saturated heterocycles. The monoisotopic (exact) mass is 363 g/mol. The lowest BCUT2D eigenvalue weighted by atomic mass is 9.96. The lowest BCUT2D eigenvalue weighted by molar-refractivity contribution is 0.0645. The highest BCUT2D eigenvalue weighted by Crippen LogP contribution is 2.47. The quantitative estimate of drug-likeness (QED) is 0.699. The minimum atomic E-state index is -0.242. The first kappa shape index (κ1) is 16.3. The number of nitrogens with zero attached hydrogens (tertiary/aromatic N) is 2. The van der Waals surface area contributed by atoms with E-state index in [4.69, 9.17) is 0 Å². The van der Waals surface area contributed by atoms with Crippen molar-refractivity contribution in [2.24, 2.45) is 0 Å². The first-order valence-electron chi connectivity index (χ1n) is 9.28. The number of hydrogen-bond donors (Lipinski definition) is 2. The number of carbonyl (C=O) groups excluding carboxylic acids is 2. The van der Waals surface area contributed by atoms with Crippen LogP contribution in [0.4, 0.5) is 0 Å². The van der Waals surface area contributed by atoms with E-state index in [9.17, 15) is 14.7 Å². The van der Waals surface area contributed by atoms with E-state index in [2.05, 4.69) is 4.98 Å². The van der Waals surface area contributed by atoms with Crippen LogP contribution in [0.5, 0.6) is 5.75 Å². The van der Waals surface area contributed by atoms with Crippen LogP contribution in [0.3, 0.4) is 0 Å². The number of amides is 2. The number of phenolic OH excluding ortho intramolecular Hbond substituents is 1. The third-order valence-corrected chi connectivity index (χ3v) is 5.61. The molecule has 0 atom stereocenters. The fourth-order valence-electron chi connectivity index (χ4n) is 4.07. The first-order valence-corrected chi connectivity index (χ1v) is 9.28. The standard InChI is InChI=1S/C21H21N3O3/c1-23(2)7-8-24-20(26)15-10-13(11-3-4-11)19-17(18(15)21(24)27)14-9-12(25)5-6-16(14)22-19/h5-6,9-11,22,25H,3-4,7-8H2,1-2H3. The number of carbonyl (C=O) groups is 2. The Kier molecular flexibility index (Phi) is 3.37. The third kappa shape index (κ3) is 2.36. The second kappa shape index (κ2) is 5.57. The Morgan fingerprint density at radius 3 is 2.67 bits per heavy atom. The van der Waals surface area contributed by atoms with Gasteiger partial charge in [0.1, 0.15) is 5.75 Å². The van der Waals surface area contributed by atoms with E-state index in [1.54, 1.807) is 12.1 Å². The van der Waals surface area contributed by atoms with Crippen molar-refractivity contribution >= 4 is 33.6 Å². The van der Waals surface area contributed by atoms with E-state index < -0.39 is 0 Å². The molecule has 1 aliphatic heterocycles. The van der Waals surface area contributed by atoms with Crippen molar-refractivity contribution in [2.45, 2.75) is 18.8 Å². The van der Waals surface area contributed by atoms with Crippen LogP contribution in [0.1, 0.15) is 45.0 Å². The normalized spacial score (nSPS) is 16.9. The molecule has 2 aromatic carbocycles. The number of aromatic amines is 1. The maximum Gasteiger partial charge on any atom is 0.262 e. The number of fused-ring (bicyclic) bond motifs is 5. The molecule has 1 saturated carbocycles. The Morgan fingerprint density at radius 2 is 1.96 bits per heavy atom. The van der Waals surface area contributed by atoms with Crippen molar-refractivity contribution in [3.05, 3.63) is 41.0 Å². The molecule has 27 heavy (non-hydrogen) atoms. The van der Waals surface area contributed by atoms with E-state index in [0.29, 0.717) is 30.1 Å². The smallest absolute Gasteiger partial charge is 0.262 e. The number of benzene rings is 2. The number of aromatic nitrogens is 1. The van der Waals surface area contributed by atoms with Crippen molar-refractivity contribution in [1.82, 2.24) is 14.8 Å². The predicted molar refractivity (Wildman–Crippen MR) is 103 cm³/mol. The number of likely N-dealkylation sites (N-methyl/N-ethyl adjacent to an activating group) is 1. The van der Waals surface area contributed by atoms with Gasteiger partial charge in [0.2, 0.25) is 0 Å². The topological polar surface area (TPSA) is 76.6 Å². The van der Waals surface area contributed by atoms with Crippen molar-refractivity contribution in [2.75, 3.05) is 27.2 Å². The van der Waals surface area contributed by atoms with Crippen molar-refractivity contribution in [3.63, 3.8) is 0 Å². The maximum atomic E-state index is 13.2. The zero-order chi connectivity index (χ0) is 18.9. The molecular formula is C21H21N3O3. The summed E-state index contributed by atoms with van der Waals surface area (Å²) in [4.78, 5) is 32.9. The van der Waals surface area contributed by atoms with Gasteiger partial charge in [-0.25, -0.2) is 0 Å². The maximum absolute atomic E-state index is 13.2. The molecular weight excluding hydrogens is 342 g/mol. The van der Waals surface area contributed by atoms with Gasteiger partial charge >= 0.3 is 0 Å². The van der Waals surface area contributed by atoms with E-state index >= 15 is 0 Å².